The predicted octanol–water partition coefficient (Wildman–Crippen LogP) is 2.70. The minimum atomic E-state index is -0.370. The lowest BCUT2D eigenvalue weighted by Gasteiger charge is -2.27. The van der Waals surface area contributed by atoms with Crippen LogP contribution in [0.2, 0.25) is 0 Å². The Kier molecular flexibility index (Phi) is 6.00. The van der Waals surface area contributed by atoms with Gasteiger partial charge in [0, 0.05) is 37.7 Å². The number of likely N-dealkylation sites (tertiary alicyclic amines) is 2. The molecule has 0 spiro atoms. The van der Waals surface area contributed by atoms with Crippen LogP contribution in [0.15, 0.2) is 24.3 Å². The highest BCUT2D eigenvalue weighted by Crippen LogP contribution is 2.34. The van der Waals surface area contributed by atoms with Gasteiger partial charge in [-0.15, -0.1) is 0 Å². The number of amides is 2. The first-order valence-corrected chi connectivity index (χ1v) is 10.8. The third-order valence-corrected chi connectivity index (χ3v) is 6.86. The molecule has 0 aromatic heterocycles. The van der Waals surface area contributed by atoms with Gasteiger partial charge < -0.3 is 15.5 Å². The van der Waals surface area contributed by atoms with Gasteiger partial charge in [-0.1, -0.05) is 37.5 Å². The van der Waals surface area contributed by atoms with Gasteiger partial charge in [-0.2, -0.15) is 0 Å². The van der Waals surface area contributed by atoms with Crippen LogP contribution in [0, 0.1) is 24.2 Å². The zero-order chi connectivity index (χ0) is 19.5. The Hall–Kier alpha value is -1.88. The first kappa shape index (κ1) is 19.4. The lowest BCUT2D eigenvalue weighted by atomic mass is 9.88. The van der Waals surface area contributed by atoms with Crippen LogP contribution in [-0.4, -0.2) is 54.3 Å². The Balaban J connectivity index is 1.22. The van der Waals surface area contributed by atoms with Crippen LogP contribution in [-0.2, 0) is 4.79 Å². The van der Waals surface area contributed by atoms with Crippen molar-refractivity contribution < 1.29 is 9.59 Å². The maximum atomic E-state index is 12.8. The Morgan fingerprint density at radius 1 is 1.00 bits per heavy atom. The summed E-state index contributed by atoms with van der Waals surface area (Å²) in [5.74, 6) is 1.61. The largest absolute Gasteiger partial charge is 0.366 e. The number of primary amides is 1. The molecule has 5 heteroatoms. The smallest absolute Gasteiger partial charge is 0.248 e. The Morgan fingerprint density at radius 3 is 2.36 bits per heavy atom. The molecule has 1 radical (unpaired) electrons. The van der Waals surface area contributed by atoms with Crippen LogP contribution in [0.25, 0.3) is 0 Å². The second-order valence-corrected chi connectivity index (χ2v) is 8.80. The van der Waals surface area contributed by atoms with E-state index < -0.39 is 0 Å². The van der Waals surface area contributed by atoms with Crippen molar-refractivity contribution in [2.24, 2.45) is 23.5 Å². The molecular weight excluding hydrogens is 350 g/mol. The number of carbonyl (C=O) groups excluding carboxylic acids is 2. The van der Waals surface area contributed by atoms with E-state index in [1.165, 1.54) is 19.3 Å². The van der Waals surface area contributed by atoms with E-state index in [0.29, 0.717) is 29.2 Å². The molecule has 2 aliphatic heterocycles. The van der Waals surface area contributed by atoms with Gasteiger partial charge in [0.15, 0.2) is 0 Å². The first-order chi connectivity index (χ1) is 13.6. The first-order valence-electron chi connectivity index (χ1n) is 10.8. The molecule has 1 aromatic rings. The van der Waals surface area contributed by atoms with Crippen molar-refractivity contribution in [2.45, 2.75) is 38.5 Å². The predicted molar refractivity (Wildman–Crippen MR) is 110 cm³/mol. The average Bonchev–Trinajstić information content (AvgIpc) is 3.27. The number of benzene rings is 1. The molecule has 2 amide bonds. The summed E-state index contributed by atoms with van der Waals surface area (Å²) in [7, 11) is 0. The topological polar surface area (TPSA) is 66.6 Å². The van der Waals surface area contributed by atoms with Crippen molar-refractivity contribution >= 4 is 11.8 Å². The van der Waals surface area contributed by atoms with E-state index >= 15 is 0 Å². The maximum Gasteiger partial charge on any atom is 0.248 e. The van der Waals surface area contributed by atoms with Crippen LogP contribution in [0.3, 0.4) is 0 Å². The van der Waals surface area contributed by atoms with Crippen LogP contribution in [0.1, 0.15) is 54.4 Å². The summed E-state index contributed by atoms with van der Waals surface area (Å²) in [6, 6.07) is 7.52. The van der Waals surface area contributed by atoms with E-state index in [1.54, 1.807) is 6.07 Å². The molecule has 1 unspecified atom stereocenters. The zero-order valence-electron chi connectivity index (χ0n) is 16.7. The second-order valence-electron chi connectivity index (χ2n) is 8.80. The number of nitrogens with two attached hydrogens (primary N) is 1. The Morgan fingerprint density at radius 2 is 1.68 bits per heavy atom. The number of hydrogen-bond acceptors (Lipinski definition) is 3. The van der Waals surface area contributed by atoms with E-state index in [-0.39, 0.29) is 5.91 Å². The molecule has 2 atom stereocenters. The summed E-state index contributed by atoms with van der Waals surface area (Å²) >= 11 is 0. The standard InChI is InChI=1S/C23H32N3O2/c24-22(27)21-11-5-4-7-17(21)10-6-12-25-13-19-15-26(16-20(19)14-25)23(28)18-8-2-1-3-9-18/h4-5,7,10-11,18-20H,1-3,6,8-9,12-16H2,(H2,24,27)/t19-,20?/m0/s1. The highest BCUT2D eigenvalue weighted by Gasteiger charge is 2.42. The van der Waals surface area contributed by atoms with Gasteiger partial charge in [-0.05, 0) is 55.7 Å². The highest BCUT2D eigenvalue weighted by molar-refractivity contribution is 5.94. The van der Waals surface area contributed by atoms with Gasteiger partial charge in [0.2, 0.25) is 11.8 Å². The lowest BCUT2D eigenvalue weighted by Crippen LogP contribution is -2.38. The van der Waals surface area contributed by atoms with Crippen molar-refractivity contribution in [2.75, 3.05) is 32.7 Å². The molecule has 1 saturated carbocycles. The lowest BCUT2D eigenvalue weighted by molar-refractivity contribution is -0.135. The molecule has 151 valence electrons. The van der Waals surface area contributed by atoms with E-state index in [9.17, 15) is 9.59 Å². The third kappa shape index (κ3) is 4.24. The van der Waals surface area contributed by atoms with Crippen LogP contribution < -0.4 is 5.73 Å². The molecule has 2 N–H and O–H groups in total. The molecule has 5 nitrogen and oxygen atoms in total. The number of rotatable bonds is 6. The van der Waals surface area contributed by atoms with E-state index in [2.05, 4.69) is 16.2 Å². The maximum absolute atomic E-state index is 12.8. The fourth-order valence-electron chi connectivity index (χ4n) is 5.36. The summed E-state index contributed by atoms with van der Waals surface area (Å²) in [6.45, 7) is 5.07. The van der Waals surface area contributed by atoms with Gasteiger partial charge in [0.25, 0.3) is 0 Å². The van der Waals surface area contributed by atoms with Crippen molar-refractivity contribution in [3.63, 3.8) is 0 Å². The van der Waals surface area contributed by atoms with Crippen molar-refractivity contribution in [1.82, 2.24) is 9.80 Å². The summed E-state index contributed by atoms with van der Waals surface area (Å²) < 4.78 is 0. The van der Waals surface area contributed by atoms with E-state index in [1.807, 2.05) is 18.2 Å². The molecular formula is C23H32N3O2. The van der Waals surface area contributed by atoms with E-state index in [4.69, 9.17) is 5.73 Å². The van der Waals surface area contributed by atoms with Crippen LogP contribution >= 0.6 is 0 Å². The molecule has 1 aromatic carbocycles. The summed E-state index contributed by atoms with van der Waals surface area (Å²) in [6.07, 6.45) is 8.96. The minimum absolute atomic E-state index is 0.295. The Bertz CT molecular complexity index is 700. The second kappa shape index (κ2) is 8.64. The molecule has 3 fully saturated rings. The molecule has 2 saturated heterocycles. The molecule has 3 aliphatic rings. The number of carbonyl (C=O) groups is 2. The monoisotopic (exact) mass is 382 g/mol. The van der Waals surface area contributed by atoms with Gasteiger partial charge in [0.05, 0.1) is 0 Å². The van der Waals surface area contributed by atoms with Gasteiger partial charge in [-0.3, -0.25) is 9.59 Å². The van der Waals surface area contributed by atoms with Gasteiger partial charge in [-0.25, -0.2) is 0 Å². The van der Waals surface area contributed by atoms with Crippen LogP contribution in [0.5, 0.6) is 0 Å². The normalized spacial score (nSPS) is 25.8. The molecule has 28 heavy (non-hydrogen) atoms. The number of nitrogens with zero attached hydrogens (tertiary/aromatic N) is 2. The van der Waals surface area contributed by atoms with Crippen molar-refractivity contribution in [1.29, 1.82) is 0 Å². The number of hydrogen-bond donors (Lipinski definition) is 1. The molecule has 1 aliphatic carbocycles. The summed E-state index contributed by atoms with van der Waals surface area (Å²) in [5, 5.41) is 0. The fourth-order valence-corrected chi connectivity index (χ4v) is 5.36. The fraction of sp³-hybridized carbons (Fsp3) is 0.609. The van der Waals surface area contributed by atoms with Crippen molar-refractivity contribution in [3.8, 4) is 0 Å². The average molecular weight is 383 g/mol. The molecule has 2 heterocycles. The Labute approximate surface area is 168 Å². The molecule has 0 bridgehead atoms. The third-order valence-electron chi connectivity index (χ3n) is 6.86. The van der Waals surface area contributed by atoms with Gasteiger partial charge >= 0.3 is 0 Å². The van der Waals surface area contributed by atoms with E-state index in [0.717, 1.165) is 57.5 Å². The van der Waals surface area contributed by atoms with Gasteiger partial charge in [0.1, 0.15) is 0 Å². The minimum Gasteiger partial charge on any atom is -0.366 e. The highest BCUT2D eigenvalue weighted by atomic mass is 16.2. The van der Waals surface area contributed by atoms with Crippen molar-refractivity contribution in [3.05, 3.63) is 41.8 Å². The number of fused-ring (bicyclic) bond motifs is 1. The summed E-state index contributed by atoms with van der Waals surface area (Å²) in [4.78, 5) is 29.0. The zero-order valence-corrected chi connectivity index (χ0v) is 16.7. The quantitative estimate of drug-likeness (QED) is 0.823. The van der Waals surface area contributed by atoms with Crippen LogP contribution in [0.4, 0.5) is 0 Å². The summed E-state index contributed by atoms with van der Waals surface area (Å²) in [5.41, 5.74) is 6.98. The molecule has 4 rings (SSSR count). The SMILES string of the molecule is NC(=O)c1ccccc1[CH]CCN1CC2CN(C(=O)C3CCCCC3)C[C@@H]2C1.